The third-order valence-electron chi connectivity index (χ3n) is 5.04. The van der Waals surface area contributed by atoms with Crippen molar-refractivity contribution < 1.29 is 54.8 Å². The van der Waals surface area contributed by atoms with Crippen LogP contribution in [-0.2, 0) is 4.74 Å². The first kappa shape index (κ1) is 24.3. The van der Waals surface area contributed by atoms with E-state index in [-0.39, 0.29) is 22.8 Å². The van der Waals surface area contributed by atoms with E-state index in [1.807, 2.05) is 0 Å². The lowest BCUT2D eigenvalue weighted by Gasteiger charge is -2.39. The fourth-order valence-electron chi connectivity index (χ4n) is 3.27. The van der Waals surface area contributed by atoms with Gasteiger partial charge in [-0.05, 0) is 23.8 Å². The molecular weight excluding hydrogens is 440 g/mol. The molecule has 0 aliphatic carbocycles. The van der Waals surface area contributed by atoms with E-state index in [1.165, 1.54) is 31.4 Å². The van der Waals surface area contributed by atoms with Crippen LogP contribution in [-0.4, -0.2) is 86.0 Å². The summed E-state index contributed by atoms with van der Waals surface area (Å²) in [6.07, 6.45) is -5.53. The van der Waals surface area contributed by atoms with Crippen molar-refractivity contribution >= 4 is 11.9 Å². The highest BCUT2D eigenvalue weighted by atomic mass is 16.7. The Morgan fingerprint density at radius 3 is 2.39 bits per heavy atom. The molecule has 5 atom stereocenters. The fourth-order valence-corrected chi connectivity index (χ4v) is 3.27. The molecule has 2 aromatic rings. The van der Waals surface area contributed by atoms with Gasteiger partial charge in [0.15, 0.2) is 17.3 Å². The quantitative estimate of drug-likeness (QED) is 0.214. The number of aliphatic hydroxyl groups excluding tert-OH is 4. The van der Waals surface area contributed by atoms with Gasteiger partial charge in [0.25, 0.3) is 0 Å². The van der Waals surface area contributed by atoms with Crippen molar-refractivity contribution in [2.75, 3.05) is 13.7 Å². The zero-order chi connectivity index (χ0) is 24.3. The summed E-state index contributed by atoms with van der Waals surface area (Å²) in [4.78, 5) is 12.8. The number of aliphatic hydroxyl groups is 4. The van der Waals surface area contributed by atoms with Crippen LogP contribution in [0.4, 0.5) is 0 Å². The molecule has 11 heteroatoms. The van der Waals surface area contributed by atoms with Crippen LogP contribution >= 0.6 is 0 Å². The van der Waals surface area contributed by atoms with E-state index in [1.54, 1.807) is 0 Å². The molecule has 0 spiro atoms. The van der Waals surface area contributed by atoms with Gasteiger partial charge in [0.1, 0.15) is 47.2 Å². The molecule has 33 heavy (non-hydrogen) atoms. The molecule has 1 heterocycles. The van der Waals surface area contributed by atoms with Crippen LogP contribution in [0.1, 0.15) is 15.9 Å². The van der Waals surface area contributed by atoms with Gasteiger partial charge in [-0.1, -0.05) is 12.1 Å². The molecule has 0 radical (unpaired) electrons. The van der Waals surface area contributed by atoms with Gasteiger partial charge in [-0.25, -0.2) is 0 Å². The van der Waals surface area contributed by atoms with Crippen LogP contribution in [0.2, 0.25) is 0 Å². The van der Waals surface area contributed by atoms with Gasteiger partial charge in [0.05, 0.1) is 13.7 Å². The third kappa shape index (κ3) is 5.18. The minimum atomic E-state index is -1.77. The third-order valence-corrected chi connectivity index (χ3v) is 5.04. The van der Waals surface area contributed by atoms with E-state index in [0.29, 0.717) is 5.56 Å². The lowest BCUT2D eigenvalue weighted by atomic mass is 9.99. The SMILES string of the molecule is COc1cc(/C=C/C(=O)c2c(O)cc(O)cc2O[C@@H]2O[C@@H](CO)[C@@H](O)[C@H](O)[C@H]2O)ccc1O. The van der Waals surface area contributed by atoms with Crippen molar-refractivity contribution in [3.63, 3.8) is 0 Å². The van der Waals surface area contributed by atoms with E-state index in [9.17, 15) is 40.5 Å². The van der Waals surface area contributed by atoms with Crippen LogP contribution in [0, 0.1) is 0 Å². The maximum absolute atomic E-state index is 12.8. The lowest BCUT2D eigenvalue weighted by molar-refractivity contribution is -0.277. The second kappa shape index (κ2) is 10.1. The van der Waals surface area contributed by atoms with Gasteiger partial charge in [-0.2, -0.15) is 0 Å². The predicted molar refractivity (Wildman–Crippen MR) is 112 cm³/mol. The van der Waals surface area contributed by atoms with Crippen molar-refractivity contribution in [2.45, 2.75) is 30.7 Å². The second-order valence-electron chi connectivity index (χ2n) is 7.28. The summed E-state index contributed by atoms with van der Waals surface area (Å²) < 4.78 is 15.7. The number of hydrogen-bond donors (Lipinski definition) is 7. The van der Waals surface area contributed by atoms with E-state index < -0.39 is 54.6 Å². The Morgan fingerprint density at radius 2 is 1.73 bits per heavy atom. The first-order chi connectivity index (χ1) is 15.7. The van der Waals surface area contributed by atoms with Gasteiger partial charge in [-0.15, -0.1) is 0 Å². The Kier molecular flexibility index (Phi) is 7.41. The molecule has 11 nitrogen and oxygen atoms in total. The Morgan fingerprint density at radius 1 is 1.00 bits per heavy atom. The summed E-state index contributed by atoms with van der Waals surface area (Å²) in [5, 5.41) is 69.1. The number of rotatable bonds is 7. The van der Waals surface area contributed by atoms with Gasteiger partial charge in [0.2, 0.25) is 6.29 Å². The number of methoxy groups -OCH3 is 1. The van der Waals surface area contributed by atoms with Crippen LogP contribution < -0.4 is 9.47 Å². The molecule has 0 bridgehead atoms. The van der Waals surface area contributed by atoms with Gasteiger partial charge >= 0.3 is 0 Å². The molecule has 7 N–H and O–H groups in total. The summed E-state index contributed by atoms with van der Waals surface area (Å²) in [5.74, 6) is -2.13. The van der Waals surface area contributed by atoms with Crippen molar-refractivity contribution in [1.29, 1.82) is 0 Å². The lowest BCUT2D eigenvalue weighted by Crippen LogP contribution is -2.60. The molecule has 1 fully saturated rings. The first-order valence-corrected chi connectivity index (χ1v) is 9.78. The van der Waals surface area contributed by atoms with Crippen LogP contribution in [0.3, 0.4) is 0 Å². The Balaban J connectivity index is 1.90. The number of ketones is 1. The number of phenols is 3. The molecule has 0 saturated carbocycles. The summed E-state index contributed by atoms with van der Waals surface area (Å²) in [6, 6.07) is 6.26. The smallest absolute Gasteiger partial charge is 0.229 e. The van der Waals surface area contributed by atoms with E-state index in [4.69, 9.17) is 14.2 Å². The van der Waals surface area contributed by atoms with Crippen LogP contribution in [0.15, 0.2) is 36.4 Å². The number of carbonyl (C=O) groups excluding carboxylic acids is 1. The largest absolute Gasteiger partial charge is 0.508 e. The number of phenolic OH excluding ortho intramolecular Hbond substituents is 3. The molecule has 2 aromatic carbocycles. The molecule has 0 aromatic heterocycles. The maximum atomic E-state index is 12.8. The highest BCUT2D eigenvalue weighted by Gasteiger charge is 2.45. The molecule has 1 aliphatic heterocycles. The zero-order valence-corrected chi connectivity index (χ0v) is 17.4. The highest BCUT2D eigenvalue weighted by Crippen LogP contribution is 2.36. The molecule has 1 aliphatic rings. The van der Waals surface area contributed by atoms with Gasteiger partial charge in [0, 0.05) is 12.1 Å². The fraction of sp³-hybridized carbons (Fsp3) is 0.318. The second-order valence-corrected chi connectivity index (χ2v) is 7.28. The number of carbonyl (C=O) groups is 1. The molecule has 1 saturated heterocycles. The van der Waals surface area contributed by atoms with Crippen molar-refractivity contribution in [3.8, 4) is 28.7 Å². The van der Waals surface area contributed by atoms with E-state index in [2.05, 4.69) is 0 Å². The summed E-state index contributed by atoms with van der Waals surface area (Å²) in [5.41, 5.74) is 0.111. The normalized spacial score (nSPS) is 25.2. The van der Waals surface area contributed by atoms with Crippen molar-refractivity contribution in [2.24, 2.45) is 0 Å². The first-order valence-electron chi connectivity index (χ1n) is 9.78. The molecule has 178 valence electrons. The average molecular weight is 464 g/mol. The Bertz CT molecular complexity index is 1030. The van der Waals surface area contributed by atoms with Gasteiger partial charge in [-0.3, -0.25) is 4.79 Å². The number of benzene rings is 2. The summed E-state index contributed by atoms with van der Waals surface area (Å²) in [6.45, 7) is -0.694. The monoisotopic (exact) mass is 464 g/mol. The zero-order valence-electron chi connectivity index (χ0n) is 17.4. The molecule has 0 amide bonds. The Hall–Kier alpha value is -3.35. The average Bonchev–Trinajstić information content (AvgIpc) is 2.78. The highest BCUT2D eigenvalue weighted by molar-refractivity contribution is 6.10. The van der Waals surface area contributed by atoms with Crippen molar-refractivity contribution in [3.05, 3.63) is 47.5 Å². The number of aromatic hydroxyl groups is 3. The van der Waals surface area contributed by atoms with E-state index in [0.717, 1.165) is 18.2 Å². The van der Waals surface area contributed by atoms with Crippen LogP contribution in [0.5, 0.6) is 28.7 Å². The minimum Gasteiger partial charge on any atom is -0.508 e. The number of allylic oxidation sites excluding steroid dienone is 1. The molecule has 3 rings (SSSR count). The maximum Gasteiger partial charge on any atom is 0.229 e. The topological polar surface area (TPSA) is 186 Å². The minimum absolute atomic E-state index is 0.0904. The molecule has 0 unspecified atom stereocenters. The van der Waals surface area contributed by atoms with Crippen LogP contribution in [0.25, 0.3) is 6.08 Å². The number of ether oxygens (including phenoxy) is 3. The van der Waals surface area contributed by atoms with Crippen molar-refractivity contribution in [1.82, 2.24) is 0 Å². The predicted octanol–water partition coefficient (Wildman–Crippen LogP) is -0.113. The standard InChI is InChI=1S/C22H24O11/c1-31-15-6-10(2-4-12(15)25)3-5-13(26)18-14(27)7-11(24)8-16(18)32-22-21(30)20(29)19(28)17(9-23)33-22/h2-8,17,19-25,27-30H,9H2,1H3/b5-3+/t17-,19+,20-,21+,22+/m0/s1. The van der Waals surface area contributed by atoms with E-state index >= 15 is 0 Å². The Labute approximate surface area is 188 Å². The number of hydrogen-bond acceptors (Lipinski definition) is 11. The van der Waals surface area contributed by atoms with Gasteiger partial charge < -0.3 is 50.0 Å². The summed E-state index contributed by atoms with van der Waals surface area (Å²) >= 11 is 0. The molecular formula is C22H24O11. The summed E-state index contributed by atoms with van der Waals surface area (Å²) in [7, 11) is 1.37.